The molecular weight excluding hydrogens is 150 g/mol. The van der Waals surface area contributed by atoms with Crippen LogP contribution in [0.3, 0.4) is 0 Å². The molecule has 1 atom stereocenters. The Morgan fingerprint density at radius 3 is 3.25 bits per heavy atom. The summed E-state index contributed by atoms with van der Waals surface area (Å²) in [6.45, 7) is 2.25. The van der Waals surface area contributed by atoms with Crippen molar-refractivity contribution in [3.05, 3.63) is 11.4 Å². The lowest BCUT2D eigenvalue weighted by atomic mass is 9.88. The number of aromatic nitrogens is 2. The van der Waals surface area contributed by atoms with Gasteiger partial charge >= 0.3 is 0 Å². The Hall–Kier alpha value is -0.990. The molecule has 12 heavy (non-hydrogen) atoms. The Balaban J connectivity index is 2.22. The summed E-state index contributed by atoms with van der Waals surface area (Å²) in [6.07, 6.45) is 4.77. The number of H-pyrrole nitrogens is 1. The van der Waals surface area contributed by atoms with Crippen LogP contribution in [-0.4, -0.2) is 9.97 Å². The summed E-state index contributed by atoms with van der Waals surface area (Å²) < 4.78 is 0. The van der Waals surface area contributed by atoms with Gasteiger partial charge in [0.25, 0.3) is 0 Å². The van der Waals surface area contributed by atoms with Gasteiger partial charge in [-0.25, -0.2) is 4.98 Å². The van der Waals surface area contributed by atoms with Crippen LogP contribution in [-0.2, 0) is 12.8 Å². The predicted octanol–water partition coefficient (Wildman–Crippen LogP) is 1.51. The van der Waals surface area contributed by atoms with Crippen molar-refractivity contribution in [2.24, 2.45) is 5.92 Å². The van der Waals surface area contributed by atoms with Gasteiger partial charge in [0.2, 0.25) is 0 Å². The van der Waals surface area contributed by atoms with Crippen molar-refractivity contribution < 1.29 is 0 Å². The van der Waals surface area contributed by atoms with E-state index in [4.69, 9.17) is 5.73 Å². The molecule has 0 aliphatic heterocycles. The minimum atomic E-state index is 0.580. The van der Waals surface area contributed by atoms with Crippen LogP contribution in [0.1, 0.15) is 31.2 Å². The second-order valence-electron chi connectivity index (χ2n) is 3.56. The zero-order valence-corrected chi connectivity index (χ0v) is 7.43. The van der Waals surface area contributed by atoms with E-state index >= 15 is 0 Å². The first kappa shape index (κ1) is 7.65. The van der Waals surface area contributed by atoms with Gasteiger partial charge in [0.15, 0.2) is 5.95 Å². The molecule has 0 spiro atoms. The number of nitrogens with two attached hydrogens (primary N) is 1. The highest BCUT2D eigenvalue weighted by molar-refractivity contribution is 5.28. The minimum absolute atomic E-state index is 0.580. The topological polar surface area (TPSA) is 54.7 Å². The molecular formula is C9H15N3. The van der Waals surface area contributed by atoms with Gasteiger partial charge in [-0.1, -0.05) is 13.3 Å². The van der Waals surface area contributed by atoms with Crippen LogP contribution in [0.2, 0.25) is 0 Å². The molecule has 1 unspecified atom stereocenters. The summed E-state index contributed by atoms with van der Waals surface area (Å²) in [5, 5.41) is 0. The van der Waals surface area contributed by atoms with Crippen LogP contribution >= 0.6 is 0 Å². The second-order valence-corrected chi connectivity index (χ2v) is 3.56. The van der Waals surface area contributed by atoms with Crippen molar-refractivity contribution >= 4 is 5.95 Å². The van der Waals surface area contributed by atoms with E-state index in [-0.39, 0.29) is 0 Å². The largest absolute Gasteiger partial charge is 0.369 e. The van der Waals surface area contributed by atoms with Crippen molar-refractivity contribution in [1.29, 1.82) is 0 Å². The molecule has 1 aliphatic rings. The minimum Gasteiger partial charge on any atom is -0.369 e. The van der Waals surface area contributed by atoms with Crippen LogP contribution in [0.15, 0.2) is 0 Å². The van der Waals surface area contributed by atoms with Gasteiger partial charge in [0.1, 0.15) is 0 Å². The monoisotopic (exact) mass is 165 g/mol. The van der Waals surface area contributed by atoms with Gasteiger partial charge in [-0.15, -0.1) is 0 Å². The quantitative estimate of drug-likeness (QED) is 0.662. The van der Waals surface area contributed by atoms with E-state index in [0.717, 1.165) is 18.8 Å². The third kappa shape index (κ3) is 1.19. The Kier molecular flexibility index (Phi) is 1.79. The highest BCUT2D eigenvalue weighted by Crippen LogP contribution is 2.25. The number of nitrogen functional groups attached to an aromatic ring is 1. The summed E-state index contributed by atoms with van der Waals surface area (Å²) >= 11 is 0. The van der Waals surface area contributed by atoms with Crippen molar-refractivity contribution in [1.82, 2.24) is 9.97 Å². The number of aryl methyl sites for hydroxylation is 1. The Morgan fingerprint density at radius 1 is 1.67 bits per heavy atom. The molecule has 0 fully saturated rings. The van der Waals surface area contributed by atoms with E-state index in [1.807, 2.05) is 0 Å². The number of anilines is 1. The van der Waals surface area contributed by atoms with Crippen LogP contribution in [0, 0.1) is 5.92 Å². The molecule has 0 aromatic carbocycles. The van der Waals surface area contributed by atoms with Gasteiger partial charge < -0.3 is 10.7 Å². The molecule has 1 aliphatic carbocycles. The third-order valence-electron chi connectivity index (χ3n) is 2.74. The van der Waals surface area contributed by atoms with Crippen LogP contribution in [0.4, 0.5) is 5.95 Å². The molecule has 0 saturated heterocycles. The Bertz CT molecular complexity index is 277. The number of hydrogen-bond donors (Lipinski definition) is 2. The molecule has 1 heterocycles. The molecule has 0 radical (unpaired) electrons. The number of fused-ring (bicyclic) bond motifs is 1. The average molecular weight is 165 g/mol. The zero-order chi connectivity index (χ0) is 8.55. The number of rotatable bonds is 1. The second kappa shape index (κ2) is 2.81. The fraction of sp³-hybridized carbons (Fsp3) is 0.667. The molecule has 0 saturated carbocycles. The van der Waals surface area contributed by atoms with Gasteiger partial charge in [-0.3, -0.25) is 0 Å². The fourth-order valence-corrected chi connectivity index (χ4v) is 1.92. The number of hydrogen-bond acceptors (Lipinski definition) is 2. The van der Waals surface area contributed by atoms with Crippen LogP contribution < -0.4 is 5.73 Å². The summed E-state index contributed by atoms with van der Waals surface area (Å²) in [6, 6.07) is 0. The first-order chi connectivity index (χ1) is 5.79. The number of imidazole rings is 1. The first-order valence-electron chi connectivity index (χ1n) is 4.62. The Labute approximate surface area is 72.4 Å². The summed E-state index contributed by atoms with van der Waals surface area (Å²) in [5.41, 5.74) is 8.04. The molecule has 1 aromatic heterocycles. The van der Waals surface area contributed by atoms with Crippen molar-refractivity contribution in [3.63, 3.8) is 0 Å². The predicted molar refractivity (Wildman–Crippen MR) is 48.8 cm³/mol. The van der Waals surface area contributed by atoms with Gasteiger partial charge in [-0.2, -0.15) is 0 Å². The molecule has 1 aromatic rings. The number of nitrogens with zero attached hydrogens (tertiary/aromatic N) is 1. The smallest absolute Gasteiger partial charge is 0.197 e. The Morgan fingerprint density at radius 2 is 2.50 bits per heavy atom. The van der Waals surface area contributed by atoms with E-state index < -0.39 is 0 Å². The molecule has 0 amide bonds. The summed E-state index contributed by atoms with van der Waals surface area (Å²) in [5.74, 6) is 1.41. The lowest BCUT2D eigenvalue weighted by molar-refractivity contribution is 0.438. The molecule has 2 rings (SSSR count). The number of nitrogens with one attached hydrogen (secondary N) is 1. The molecule has 3 nitrogen and oxygen atoms in total. The van der Waals surface area contributed by atoms with E-state index in [0.29, 0.717) is 5.95 Å². The van der Waals surface area contributed by atoms with Gasteiger partial charge in [-0.05, 0) is 25.2 Å². The highest BCUT2D eigenvalue weighted by atomic mass is 15.0. The van der Waals surface area contributed by atoms with Crippen molar-refractivity contribution in [3.8, 4) is 0 Å². The number of aromatic amines is 1. The first-order valence-corrected chi connectivity index (χ1v) is 4.62. The van der Waals surface area contributed by atoms with Gasteiger partial charge in [0, 0.05) is 5.69 Å². The SMILES string of the molecule is CCC1CCc2nc(N)[nH]c2C1. The van der Waals surface area contributed by atoms with E-state index in [9.17, 15) is 0 Å². The van der Waals surface area contributed by atoms with Gasteiger partial charge in [0.05, 0.1) is 5.69 Å². The maximum absolute atomic E-state index is 5.58. The van der Waals surface area contributed by atoms with Crippen LogP contribution in [0.25, 0.3) is 0 Å². The van der Waals surface area contributed by atoms with Crippen molar-refractivity contribution in [2.45, 2.75) is 32.6 Å². The van der Waals surface area contributed by atoms with Crippen LogP contribution in [0.5, 0.6) is 0 Å². The lowest BCUT2D eigenvalue weighted by Gasteiger charge is -2.18. The van der Waals surface area contributed by atoms with E-state index in [1.54, 1.807) is 0 Å². The maximum Gasteiger partial charge on any atom is 0.197 e. The molecule has 0 bridgehead atoms. The molecule has 3 heteroatoms. The fourth-order valence-electron chi connectivity index (χ4n) is 1.92. The van der Waals surface area contributed by atoms with E-state index in [2.05, 4.69) is 16.9 Å². The summed E-state index contributed by atoms with van der Waals surface area (Å²) in [4.78, 5) is 7.37. The maximum atomic E-state index is 5.58. The third-order valence-corrected chi connectivity index (χ3v) is 2.74. The lowest BCUT2D eigenvalue weighted by Crippen LogP contribution is -2.12. The highest BCUT2D eigenvalue weighted by Gasteiger charge is 2.19. The molecule has 66 valence electrons. The average Bonchev–Trinajstić information content (AvgIpc) is 2.43. The van der Waals surface area contributed by atoms with E-state index in [1.165, 1.54) is 24.2 Å². The summed E-state index contributed by atoms with van der Waals surface area (Å²) in [7, 11) is 0. The normalized spacial score (nSPS) is 22.2. The zero-order valence-electron chi connectivity index (χ0n) is 7.43. The van der Waals surface area contributed by atoms with Crippen molar-refractivity contribution in [2.75, 3.05) is 5.73 Å². The molecule has 3 N–H and O–H groups in total. The standard InChI is InChI=1S/C9H15N3/c1-2-6-3-4-7-8(5-6)12-9(10)11-7/h6H,2-5H2,1H3,(H3,10,11,12).